The summed E-state index contributed by atoms with van der Waals surface area (Å²) in [7, 11) is -2.47. The Morgan fingerprint density at radius 2 is 1.68 bits per heavy atom. The number of allylic oxidation sites excluding steroid dienone is 1. The molecule has 13 nitrogen and oxygen atoms in total. The molecule has 6 rings (SSSR count). The van der Waals surface area contributed by atoms with Crippen LogP contribution < -0.4 is 21.1 Å². The van der Waals surface area contributed by atoms with Gasteiger partial charge in [-0.05, 0) is 66.2 Å². The van der Waals surface area contributed by atoms with Crippen LogP contribution in [0.2, 0.25) is 0 Å². The van der Waals surface area contributed by atoms with Gasteiger partial charge in [0.05, 0.1) is 42.9 Å². The molecule has 5 N–H and O–H groups in total. The van der Waals surface area contributed by atoms with Gasteiger partial charge < -0.3 is 40.1 Å². The zero-order valence-corrected chi connectivity index (χ0v) is 29.8. The van der Waals surface area contributed by atoms with E-state index in [2.05, 4.69) is 10.6 Å². The van der Waals surface area contributed by atoms with Crippen molar-refractivity contribution in [3.63, 3.8) is 0 Å². The monoisotopic (exact) mass is 740 g/mol. The molecule has 0 fully saturated rings. The van der Waals surface area contributed by atoms with E-state index in [1.54, 1.807) is 73.0 Å². The van der Waals surface area contributed by atoms with Gasteiger partial charge in [-0.25, -0.2) is 8.42 Å². The number of fused-ring (bicyclic) bond motifs is 1. The maximum atomic E-state index is 13.5. The number of furan rings is 1. The van der Waals surface area contributed by atoms with Gasteiger partial charge in [-0.15, -0.1) is 0 Å². The molecule has 276 valence electrons. The van der Waals surface area contributed by atoms with E-state index < -0.39 is 28.8 Å². The van der Waals surface area contributed by atoms with Crippen LogP contribution in [0.5, 0.6) is 5.75 Å². The van der Waals surface area contributed by atoms with Crippen LogP contribution in [0.4, 0.5) is 11.4 Å². The van der Waals surface area contributed by atoms with Crippen LogP contribution in [0, 0.1) is 0 Å². The standard InChI is InChI=1S/C39H40N4O9S/c1-49-29-14-16-30(17-15-29)53(47,48)43(18-20-44)19-21-50-37-23-28(32-25-51-35-9-5-2-6-31(32)35)22-36(52-37)39(46)41-24-26-10-12-27(13-11-26)38(45)42-34-8-4-3-7-33(34)40/h2-17,22,25,28,37,44H,18-21,23-24,40H2,1H3,(H,41,46)(H,42,45)/t28-,37+/m1/s1. The average molecular weight is 741 g/mol. The Balaban J connectivity index is 1.13. The second-order valence-electron chi connectivity index (χ2n) is 12.2. The number of sulfonamides is 1. The Bertz CT molecular complexity index is 2180. The normalized spacial score (nSPS) is 15.8. The number of hydrogen-bond donors (Lipinski definition) is 4. The fourth-order valence-corrected chi connectivity index (χ4v) is 7.33. The number of para-hydroxylation sites is 3. The number of aliphatic hydroxyl groups excluding tert-OH is 1. The van der Waals surface area contributed by atoms with E-state index in [1.165, 1.54) is 19.2 Å². The van der Waals surface area contributed by atoms with Crippen molar-refractivity contribution in [2.75, 3.05) is 44.5 Å². The molecule has 53 heavy (non-hydrogen) atoms. The van der Waals surface area contributed by atoms with Gasteiger partial charge in [0.25, 0.3) is 11.8 Å². The van der Waals surface area contributed by atoms with Gasteiger partial charge >= 0.3 is 0 Å². The lowest BCUT2D eigenvalue weighted by Crippen LogP contribution is -2.38. The minimum Gasteiger partial charge on any atom is -0.497 e. The zero-order chi connectivity index (χ0) is 37.4. The fraction of sp³-hybridized carbons (Fsp3) is 0.231. The van der Waals surface area contributed by atoms with Gasteiger partial charge in [0, 0.05) is 48.5 Å². The molecule has 1 aliphatic heterocycles. The third-order valence-corrected chi connectivity index (χ3v) is 10.7. The summed E-state index contributed by atoms with van der Waals surface area (Å²) in [6.45, 7) is -0.543. The van der Waals surface area contributed by atoms with Crippen molar-refractivity contribution >= 4 is 44.2 Å². The van der Waals surface area contributed by atoms with Crippen molar-refractivity contribution in [1.29, 1.82) is 0 Å². The highest BCUT2D eigenvalue weighted by Crippen LogP contribution is 2.36. The third kappa shape index (κ3) is 8.87. The number of hydrogen-bond acceptors (Lipinski definition) is 10. The summed E-state index contributed by atoms with van der Waals surface area (Å²) < 4.78 is 51.0. The molecule has 2 atom stereocenters. The molecule has 4 aromatic carbocycles. The Morgan fingerprint density at radius 3 is 2.42 bits per heavy atom. The van der Waals surface area contributed by atoms with Gasteiger partial charge in [-0.1, -0.05) is 42.5 Å². The highest BCUT2D eigenvalue weighted by molar-refractivity contribution is 7.89. The lowest BCUT2D eigenvalue weighted by atomic mass is 9.92. The van der Waals surface area contributed by atoms with Crippen molar-refractivity contribution in [2.24, 2.45) is 0 Å². The van der Waals surface area contributed by atoms with Gasteiger partial charge in [-0.3, -0.25) is 9.59 Å². The Labute approximate surface area is 307 Å². The van der Waals surface area contributed by atoms with Gasteiger partial charge in [0.2, 0.25) is 16.3 Å². The summed E-state index contributed by atoms with van der Waals surface area (Å²) >= 11 is 0. The topological polar surface area (TPSA) is 183 Å². The second-order valence-corrected chi connectivity index (χ2v) is 14.1. The van der Waals surface area contributed by atoms with Crippen LogP contribution in [0.15, 0.2) is 124 Å². The Kier molecular flexibility index (Phi) is 11.7. The van der Waals surface area contributed by atoms with E-state index in [9.17, 15) is 23.1 Å². The van der Waals surface area contributed by atoms with Crippen molar-refractivity contribution in [1.82, 2.24) is 9.62 Å². The summed E-state index contributed by atoms with van der Waals surface area (Å²) in [5.74, 6) is -0.587. The molecule has 2 amide bonds. The third-order valence-electron chi connectivity index (χ3n) is 8.76. The van der Waals surface area contributed by atoms with Crippen molar-refractivity contribution in [3.05, 3.63) is 132 Å². The van der Waals surface area contributed by atoms with Crippen LogP contribution in [-0.2, 0) is 30.8 Å². The first-order chi connectivity index (χ1) is 25.7. The maximum Gasteiger partial charge on any atom is 0.286 e. The lowest BCUT2D eigenvalue weighted by Gasteiger charge is -2.30. The Hall–Kier alpha value is -5.67. The number of nitrogens with one attached hydrogen (secondary N) is 2. The zero-order valence-electron chi connectivity index (χ0n) is 28.9. The molecule has 0 radical (unpaired) electrons. The van der Waals surface area contributed by atoms with Crippen LogP contribution in [0.3, 0.4) is 0 Å². The largest absolute Gasteiger partial charge is 0.497 e. The number of benzene rings is 4. The van der Waals surface area contributed by atoms with E-state index in [1.807, 2.05) is 24.3 Å². The van der Waals surface area contributed by atoms with E-state index >= 15 is 0 Å². The van der Waals surface area contributed by atoms with Gasteiger partial charge in [0.15, 0.2) is 5.76 Å². The first kappa shape index (κ1) is 37.1. The second kappa shape index (κ2) is 16.8. The molecule has 14 heteroatoms. The van der Waals surface area contributed by atoms with Crippen LogP contribution in [0.25, 0.3) is 11.0 Å². The van der Waals surface area contributed by atoms with Crippen molar-refractivity contribution < 1.29 is 41.7 Å². The molecular weight excluding hydrogens is 701 g/mol. The summed E-state index contributed by atoms with van der Waals surface area (Å²) in [6.07, 6.45) is 2.79. The first-order valence-corrected chi connectivity index (χ1v) is 18.3. The van der Waals surface area contributed by atoms with Crippen molar-refractivity contribution in [3.8, 4) is 5.75 Å². The SMILES string of the molecule is COc1ccc(S(=O)(=O)N(CCO)CCO[C@@H]2C[C@H](c3coc4ccccc34)C=C(C(=O)NCc3ccc(C(=O)Nc4ccccc4N)cc3)O2)cc1. The number of aliphatic hydroxyl groups is 1. The molecule has 0 aliphatic carbocycles. The van der Waals surface area contributed by atoms with Crippen LogP contribution in [-0.4, -0.2) is 69.3 Å². The minimum absolute atomic E-state index is 0.0334. The number of rotatable bonds is 15. The van der Waals surface area contributed by atoms with E-state index in [4.69, 9.17) is 24.4 Å². The number of carbonyl (C=O) groups is 2. The molecule has 0 spiro atoms. The predicted octanol–water partition coefficient (Wildman–Crippen LogP) is 5.01. The molecule has 0 saturated heterocycles. The van der Waals surface area contributed by atoms with E-state index in [0.29, 0.717) is 34.7 Å². The number of anilines is 2. The van der Waals surface area contributed by atoms with Crippen LogP contribution in [0.1, 0.15) is 33.8 Å². The number of nitrogens with two attached hydrogens (primary N) is 1. The van der Waals surface area contributed by atoms with E-state index in [0.717, 1.165) is 20.8 Å². The summed E-state index contributed by atoms with van der Waals surface area (Å²) in [6, 6.07) is 27.3. The highest BCUT2D eigenvalue weighted by Gasteiger charge is 2.31. The molecule has 0 bridgehead atoms. The molecule has 5 aromatic rings. The smallest absolute Gasteiger partial charge is 0.286 e. The minimum atomic E-state index is -3.96. The van der Waals surface area contributed by atoms with Gasteiger partial charge in [0.1, 0.15) is 11.3 Å². The summed E-state index contributed by atoms with van der Waals surface area (Å²) in [5, 5.41) is 16.2. The number of ether oxygens (including phenoxy) is 3. The predicted molar refractivity (Wildman–Crippen MR) is 198 cm³/mol. The lowest BCUT2D eigenvalue weighted by molar-refractivity contribution is -0.146. The highest BCUT2D eigenvalue weighted by atomic mass is 32.2. The fourth-order valence-electron chi connectivity index (χ4n) is 5.92. The number of methoxy groups -OCH3 is 1. The molecular formula is C39H40N4O9S. The van der Waals surface area contributed by atoms with E-state index in [-0.39, 0.29) is 48.7 Å². The molecule has 1 aromatic heterocycles. The average Bonchev–Trinajstić information content (AvgIpc) is 3.62. The molecule has 0 saturated carbocycles. The maximum absolute atomic E-state index is 13.5. The molecule has 1 aliphatic rings. The first-order valence-electron chi connectivity index (χ1n) is 16.9. The molecule has 0 unspecified atom stereocenters. The van der Waals surface area contributed by atoms with Crippen LogP contribution >= 0.6 is 0 Å². The number of carbonyl (C=O) groups excluding carboxylic acids is 2. The number of amides is 2. The summed E-state index contributed by atoms with van der Waals surface area (Å²) in [5.41, 5.74) is 9.62. The summed E-state index contributed by atoms with van der Waals surface area (Å²) in [4.78, 5) is 26.3. The number of nitrogen functional groups attached to an aromatic ring is 1. The quantitative estimate of drug-likeness (QED) is 0.107. The van der Waals surface area contributed by atoms with Gasteiger partial charge in [-0.2, -0.15) is 4.31 Å². The molecule has 2 heterocycles. The Morgan fingerprint density at radius 1 is 0.943 bits per heavy atom. The van der Waals surface area contributed by atoms with Crippen molar-refractivity contribution in [2.45, 2.75) is 30.1 Å². The number of nitrogens with zero attached hydrogens (tertiary/aromatic N) is 1.